The predicted octanol–water partition coefficient (Wildman–Crippen LogP) is 1.53. The Hall–Kier alpha value is -2.15. The predicted molar refractivity (Wildman–Crippen MR) is 70.7 cm³/mol. The third-order valence-corrected chi connectivity index (χ3v) is 3.27. The van der Waals surface area contributed by atoms with E-state index in [2.05, 4.69) is 10.2 Å². The average molecular weight is 277 g/mol. The molecule has 0 bridgehead atoms. The first-order valence-electron chi connectivity index (χ1n) is 5.58. The molecule has 3 heterocycles. The van der Waals surface area contributed by atoms with E-state index < -0.39 is 10.1 Å². The van der Waals surface area contributed by atoms with Crippen LogP contribution in [0.15, 0.2) is 30.6 Å². The minimum atomic E-state index is -3.60. The number of aryl methyl sites for hydroxylation is 1. The first kappa shape index (κ1) is 11.9. The van der Waals surface area contributed by atoms with Gasteiger partial charge in [-0.3, -0.25) is 0 Å². The highest BCUT2D eigenvalue weighted by Crippen LogP contribution is 2.34. The van der Waals surface area contributed by atoms with Crippen molar-refractivity contribution in [2.45, 2.75) is 6.92 Å². The minimum absolute atomic E-state index is 0.288. The van der Waals surface area contributed by atoms with Crippen LogP contribution in [-0.2, 0) is 10.1 Å². The van der Waals surface area contributed by atoms with Crippen LogP contribution in [0.4, 0.5) is 0 Å². The fourth-order valence-electron chi connectivity index (χ4n) is 2.15. The smallest absolute Gasteiger partial charge is 0.306 e. The second-order valence-corrected chi connectivity index (χ2v) is 5.84. The number of hydrogen-bond acceptors (Lipinski definition) is 5. The van der Waals surface area contributed by atoms with E-state index in [1.165, 1.54) is 6.20 Å². The van der Waals surface area contributed by atoms with E-state index in [1.54, 1.807) is 6.07 Å². The monoisotopic (exact) mass is 277 g/mol. The Morgan fingerprint density at radius 2 is 2.11 bits per heavy atom. The van der Waals surface area contributed by atoms with Crippen LogP contribution >= 0.6 is 0 Å². The van der Waals surface area contributed by atoms with Gasteiger partial charge in [0.1, 0.15) is 0 Å². The topological polar surface area (TPSA) is 73.6 Å². The van der Waals surface area contributed by atoms with Gasteiger partial charge >= 0.3 is 10.1 Å². The molecule has 3 rings (SSSR count). The standard InChI is InChI=1S/C12H11N3O3S/c1-8-11-9(7-13-14-8)12(18-19(2,16)17)10-5-3-4-6-15(10)11/h3-7H,1-2H3. The molecular weight excluding hydrogens is 266 g/mol. The van der Waals surface area contributed by atoms with Crippen LogP contribution in [0.25, 0.3) is 16.4 Å². The largest absolute Gasteiger partial charge is 0.380 e. The van der Waals surface area contributed by atoms with Gasteiger partial charge in [-0.15, -0.1) is 0 Å². The molecule has 6 nitrogen and oxygen atoms in total. The van der Waals surface area contributed by atoms with Crippen LogP contribution in [0.3, 0.4) is 0 Å². The van der Waals surface area contributed by atoms with Gasteiger partial charge in [0.05, 0.1) is 34.6 Å². The lowest BCUT2D eigenvalue weighted by atomic mass is 10.3. The number of hydrogen-bond donors (Lipinski definition) is 0. The maximum Gasteiger partial charge on any atom is 0.306 e. The van der Waals surface area contributed by atoms with Gasteiger partial charge in [0.15, 0.2) is 5.75 Å². The summed E-state index contributed by atoms with van der Waals surface area (Å²) in [6.07, 6.45) is 4.37. The highest BCUT2D eigenvalue weighted by atomic mass is 32.2. The highest BCUT2D eigenvalue weighted by molar-refractivity contribution is 7.86. The van der Waals surface area contributed by atoms with E-state index >= 15 is 0 Å². The van der Waals surface area contributed by atoms with Crippen molar-refractivity contribution in [2.75, 3.05) is 6.26 Å². The van der Waals surface area contributed by atoms with E-state index in [0.29, 0.717) is 16.6 Å². The molecule has 0 N–H and O–H groups in total. The van der Waals surface area contributed by atoms with Crippen LogP contribution in [0.2, 0.25) is 0 Å². The number of aromatic nitrogens is 3. The first-order chi connectivity index (χ1) is 8.97. The van der Waals surface area contributed by atoms with Gasteiger partial charge in [0.2, 0.25) is 0 Å². The molecule has 0 unspecified atom stereocenters. The Bertz CT molecular complexity index is 884. The molecule has 7 heteroatoms. The zero-order valence-electron chi connectivity index (χ0n) is 10.4. The van der Waals surface area contributed by atoms with Gasteiger partial charge in [0.25, 0.3) is 0 Å². The van der Waals surface area contributed by atoms with E-state index in [-0.39, 0.29) is 5.75 Å². The summed E-state index contributed by atoms with van der Waals surface area (Å²) < 4.78 is 29.8. The molecule has 0 saturated carbocycles. The van der Waals surface area contributed by atoms with E-state index in [0.717, 1.165) is 11.8 Å². The maximum atomic E-state index is 11.4. The maximum absolute atomic E-state index is 11.4. The molecule has 0 aromatic carbocycles. The van der Waals surface area contributed by atoms with Crippen molar-refractivity contribution in [3.05, 3.63) is 36.3 Å². The molecule has 0 aliphatic rings. The fourth-order valence-corrected chi connectivity index (χ4v) is 2.62. The zero-order chi connectivity index (χ0) is 13.6. The number of pyridine rings is 1. The van der Waals surface area contributed by atoms with Crippen molar-refractivity contribution in [1.29, 1.82) is 0 Å². The Kier molecular flexibility index (Phi) is 2.46. The van der Waals surface area contributed by atoms with Gasteiger partial charge in [-0.05, 0) is 19.1 Å². The third-order valence-electron chi connectivity index (χ3n) is 2.81. The van der Waals surface area contributed by atoms with E-state index in [1.807, 2.05) is 29.7 Å². The summed E-state index contributed by atoms with van der Waals surface area (Å²) in [6.45, 7) is 1.82. The molecule has 98 valence electrons. The normalized spacial score (nSPS) is 12.1. The van der Waals surface area contributed by atoms with E-state index in [4.69, 9.17) is 4.18 Å². The first-order valence-corrected chi connectivity index (χ1v) is 7.39. The zero-order valence-corrected chi connectivity index (χ0v) is 11.2. The van der Waals surface area contributed by atoms with Crippen molar-refractivity contribution in [3.8, 4) is 5.75 Å². The second-order valence-electron chi connectivity index (χ2n) is 4.26. The van der Waals surface area contributed by atoms with Crippen LogP contribution in [-0.4, -0.2) is 29.3 Å². The quantitative estimate of drug-likeness (QED) is 0.664. The molecule has 3 aromatic heterocycles. The summed E-state index contributed by atoms with van der Waals surface area (Å²) in [5.41, 5.74) is 2.17. The summed E-state index contributed by atoms with van der Waals surface area (Å²) in [5.74, 6) is 0.288. The third kappa shape index (κ3) is 1.91. The highest BCUT2D eigenvalue weighted by Gasteiger charge is 2.18. The van der Waals surface area contributed by atoms with Gasteiger partial charge in [-0.2, -0.15) is 18.6 Å². The second kappa shape index (κ2) is 3.92. The summed E-state index contributed by atoms with van der Waals surface area (Å²) in [4.78, 5) is 0. The lowest BCUT2D eigenvalue weighted by molar-refractivity contribution is 0.498. The molecule has 0 amide bonds. The van der Waals surface area contributed by atoms with Gasteiger partial charge in [0, 0.05) is 6.20 Å². The number of nitrogens with zero attached hydrogens (tertiary/aromatic N) is 3. The molecular formula is C12H11N3O3S. The lowest BCUT2D eigenvalue weighted by Crippen LogP contribution is -2.05. The number of fused-ring (bicyclic) bond motifs is 3. The molecule has 0 aliphatic carbocycles. The molecule has 0 spiro atoms. The average Bonchev–Trinajstić information content (AvgIpc) is 2.64. The van der Waals surface area contributed by atoms with Crippen LogP contribution in [0.5, 0.6) is 5.75 Å². The molecule has 0 radical (unpaired) electrons. The molecule has 3 aromatic rings. The van der Waals surface area contributed by atoms with Crippen LogP contribution in [0, 0.1) is 6.92 Å². The van der Waals surface area contributed by atoms with Crippen molar-refractivity contribution < 1.29 is 12.6 Å². The summed E-state index contributed by atoms with van der Waals surface area (Å²) in [6, 6.07) is 5.47. The van der Waals surface area contributed by atoms with Gasteiger partial charge < -0.3 is 8.58 Å². The van der Waals surface area contributed by atoms with E-state index in [9.17, 15) is 8.42 Å². The van der Waals surface area contributed by atoms with Crippen molar-refractivity contribution in [1.82, 2.24) is 14.6 Å². The van der Waals surface area contributed by atoms with Crippen LogP contribution in [0.1, 0.15) is 5.69 Å². The molecule has 0 fully saturated rings. The molecule has 0 aliphatic heterocycles. The Balaban J connectivity index is 2.50. The minimum Gasteiger partial charge on any atom is -0.380 e. The fraction of sp³-hybridized carbons (Fsp3) is 0.167. The lowest BCUT2D eigenvalue weighted by Gasteiger charge is -2.01. The molecule has 0 atom stereocenters. The summed E-state index contributed by atoms with van der Waals surface area (Å²) in [5, 5.41) is 8.48. The van der Waals surface area contributed by atoms with Crippen LogP contribution < -0.4 is 4.18 Å². The van der Waals surface area contributed by atoms with Gasteiger partial charge in [-0.1, -0.05) is 6.07 Å². The number of rotatable bonds is 2. The summed E-state index contributed by atoms with van der Waals surface area (Å²) in [7, 11) is -3.60. The summed E-state index contributed by atoms with van der Waals surface area (Å²) >= 11 is 0. The SMILES string of the molecule is Cc1nncc2c(OS(C)(=O)=O)c3ccccn3c12. The van der Waals surface area contributed by atoms with Crippen molar-refractivity contribution in [2.24, 2.45) is 0 Å². The Labute approximate surface area is 109 Å². The Morgan fingerprint density at radius 3 is 2.84 bits per heavy atom. The van der Waals surface area contributed by atoms with Crippen molar-refractivity contribution >= 4 is 26.5 Å². The van der Waals surface area contributed by atoms with Gasteiger partial charge in [-0.25, -0.2) is 0 Å². The Morgan fingerprint density at radius 1 is 1.32 bits per heavy atom. The van der Waals surface area contributed by atoms with Crippen molar-refractivity contribution in [3.63, 3.8) is 0 Å². The molecule has 0 saturated heterocycles. The molecule has 19 heavy (non-hydrogen) atoms.